The Morgan fingerprint density at radius 2 is 1.93 bits per heavy atom. The number of amides is 2. The van der Waals surface area contributed by atoms with E-state index >= 15 is 0 Å². The highest BCUT2D eigenvalue weighted by molar-refractivity contribution is 6.02. The van der Waals surface area contributed by atoms with Crippen molar-refractivity contribution >= 4 is 23.3 Å². The summed E-state index contributed by atoms with van der Waals surface area (Å²) in [5.74, 6) is 0.853. The zero-order chi connectivity index (χ0) is 21.1. The number of nitrogens with zero attached hydrogens (tertiary/aromatic N) is 1. The Balaban J connectivity index is 1.39. The highest BCUT2D eigenvalue weighted by Crippen LogP contribution is 2.31. The standard InChI is InChI=1S/C23H24N2O5/c1-2-29-18-5-3-4-17(12-18)23(28)25-10-8-15(9-11-25)22(27)16-6-7-20-19(13-16)24-21(26)14-30-20/h3-7,12-13,15H,2,8-11,14H2,1H3,(H,24,26). The van der Waals surface area contributed by atoms with Crippen LogP contribution in [0.15, 0.2) is 42.5 Å². The maximum atomic E-state index is 13.0. The molecule has 2 aliphatic rings. The van der Waals surface area contributed by atoms with Crippen LogP contribution in [0.3, 0.4) is 0 Å². The molecule has 7 heteroatoms. The summed E-state index contributed by atoms with van der Waals surface area (Å²) >= 11 is 0. The summed E-state index contributed by atoms with van der Waals surface area (Å²) < 4.78 is 10.8. The van der Waals surface area contributed by atoms with Gasteiger partial charge < -0.3 is 19.7 Å². The molecule has 0 bridgehead atoms. The van der Waals surface area contributed by atoms with E-state index in [1.165, 1.54) is 0 Å². The summed E-state index contributed by atoms with van der Waals surface area (Å²) in [4.78, 5) is 39.1. The Hall–Kier alpha value is -3.35. The van der Waals surface area contributed by atoms with Crippen molar-refractivity contribution in [2.75, 3.05) is 31.6 Å². The lowest BCUT2D eigenvalue weighted by Crippen LogP contribution is -2.40. The minimum Gasteiger partial charge on any atom is -0.494 e. The van der Waals surface area contributed by atoms with Gasteiger partial charge >= 0.3 is 0 Å². The summed E-state index contributed by atoms with van der Waals surface area (Å²) in [6, 6.07) is 12.3. The van der Waals surface area contributed by atoms with E-state index in [9.17, 15) is 14.4 Å². The molecule has 0 unspecified atom stereocenters. The van der Waals surface area contributed by atoms with E-state index in [0.29, 0.717) is 60.9 Å². The summed E-state index contributed by atoms with van der Waals surface area (Å²) in [6.07, 6.45) is 1.21. The van der Waals surface area contributed by atoms with E-state index in [1.807, 2.05) is 19.1 Å². The number of ketones is 1. The van der Waals surface area contributed by atoms with Crippen LogP contribution >= 0.6 is 0 Å². The molecule has 2 heterocycles. The van der Waals surface area contributed by atoms with Crippen molar-refractivity contribution in [2.45, 2.75) is 19.8 Å². The van der Waals surface area contributed by atoms with Crippen LogP contribution in [0.2, 0.25) is 0 Å². The third-order valence-corrected chi connectivity index (χ3v) is 5.44. The maximum absolute atomic E-state index is 13.0. The number of likely N-dealkylation sites (tertiary alicyclic amines) is 1. The molecule has 2 aliphatic heterocycles. The molecule has 1 N–H and O–H groups in total. The van der Waals surface area contributed by atoms with Gasteiger partial charge in [0.15, 0.2) is 12.4 Å². The largest absolute Gasteiger partial charge is 0.494 e. The fourth-order valence-electron chi connectivity index (χ4n) is 3.89. The SMILES string of the molecule is CCOc1cccc(C(=O)N2CCC(C(=O)c3ccc4c(c3)NC(=O)CO4)CC2)c1. The molecule has 156 valence electrons. The van der Waals surface area contributed by atoms with Gasteiger partial charge in [-0.05, 0) is 56.2 Å². The molecule has 7 nitrogen and oxygen atoms in total. The minimum absolute atomic E-state index is 0.0136. The van der Waals surface area contributed by atoms with E-state index in [4.69, 9.17) is 9.47 Å². The van der Waals surface area contributed by atoms with Gasteiger partial charge in [-0.2, -0.15) is 0 Å². The van der Waals surface area contributed by atoms with E-state index in [1.54, 1.807) is 35.2 Å². The molecule has 0 spiro atoms. The van der Waals surface area contributed by atoms with Gasteiger partial charge in [0.1, 0.15) is 11.5 Å². The zero-order valence-corrected chi connectivity index (χ0v) is 16.8. The number of carbonyl (C=O) groups excluding carboxylic acids is 3. The molecule has 2 aromatic carbocycles. The quantitative estimate of drug-likeness (QED) is 0.769. The predicted molar refractivity (Wildman–Crippen MR) is 111 cm³/mol. The molecule has 1 fully saturated rings. The highest BCUT2D eigenvalue weighted by atomic mass is 16.5. The normalized spacial score (nSPS) is 16.3. The van der Waals surface area contributed by atoms with Crippen LogP contribution in [0.4, 0.5) is 5.69 Å². The Bertz CT molecular complexity index is 979. The van der Waals surface area contributed by atoms with E-state index in [2.05, 4.69) is 5.32 Å². The number of hydrogen-bond donors (Lipinski definition) is 1. The van der Waals surface area contributed by atoms with Crippen molar-refractivity contribution in [3.8, 4) is 11.5 Å². The number of ether oxygens (including phenoxy) is 2. The first-order chi connectivity index (χ1) is 14.5. The minimum atomic E-state index is -0.229. The smallest absolute Gasteiger partial charge is 0.262 e. The molecule has 0 saturated carbocycles. The van der Waals surface area contributed by atoms with Crippen LogP contribution < -0.4 is 14.8 Å². The number of benzene rings is 2. The third-order valence-electron chi connectivity index (χ3n) is 5.44. The monoisotopic (exact) mass is 408 g/mol. The molecule has 30 heavy (non-hydrogen) atoms. The Kier molecular flexibility index (Phi) is 5.70. The van der Waals surface area contributed by atoms with E-state index < -0.39 is 0 Å². The molecule has 0 atom stereocenters. The second-order valence-corrected chi connectivity index (χ2v) is 7.44. The average molecular weight is 408 g/mol. The summed E-state index contributed by atoms with van der Waals surface area (Å²) in [5.41, 5.74) is 1.67. The van der Waals surface area contributed by atoms with Crippen molar-refractivity contribution in [1.82, 2.24) is 4.90 Å². The molecule has 0 aliphatic carbocycles. The molecular weight excluding hydrogens is 384 g/mol. The molecule has 0 aromatic heterocycles. The van der Waals surface area contributed by atoms with E-state index in [-0.39, 0.29) is 30.1 Å². The second-order valence-electron chi connectivity index (χ2n) is 7.44. The van der Waals surface area contributed by atoms with Crippen LogP contribution in [-0.4, -0.2) is 48.8 Å². The first-order valence-corrected chi connectivity index (χ1v) is 10.2. The van der Waals surface area contributed by atoms with Crippen LogP contribution in [0.1, 0.15) is 40.5 Å². The van der Waals surface area contributed by atoms with Gasteiger partial charge in [0.05, 0.1) is 12.3 Å². The van der Waals surface area contributed by atoms with Crippen molar-refractivity contribution < 1.29 is 23.9 Å². The number of Topliss-reactive ketones (excluding diaryl/α,β-unsaturated/α-hetero) is 1. The first kappa shape index (κ1) is 19.9. The second kappa shape index (κ2) is 8.57. The summed E-state index contributed by atoms with van der Waals surface area (Å²) in [6.45, 7) is 3.49. The van der Waals surface area contributed by atoms with Gasteiger partial charge in [0.2, 0.25) is 0 Å². The van der Waals surface area contributed by atoms with E-state index in [0.717, 1.165) is 0 Å². The van der Waals surface area contributed by atoms with Gasteiger partial charge in [-0.15, -0.1) is 0 Å². The molecule has 1 saturated heterocycles. The molecular formula is C23H24N2O5. The maximum Gasteiger partial charge on any atom is 0.262 e. The molecule has 2 amide bonds. The number of hydrogen-bond acceptors (Lipinski definition) is 5. The Labute approximate surface area is 175 Å². The number of rotatable bonds is 5. The topological polar surface area (TPSA) is 84.9 Å². The van der Waals surface area contributed by atoms with Crippen molar-refractivity contribution in [3.05, 3.63) is 53.6 Å². The number of fused-ring (bicyclic) bond motifs is 1. The number of anilines is 1. The molecule has 2 aromatic rings. The van der Waals surface area contributed by atoms with Gasteiger partial charge in [0.25, 0.3) is 11.8 Å². The third kappa shape index (κ3) is 4.15. The highest BCUT2D eigenvalue weighted by Gasteiger charge is 2.29. The lowest BCUT2D eigenvalue weighted by molar-refractivity contribution is -0.118. The number of piperidine rings is 1. The van der Waals surface area contributed by atoms with Crippen LogP contribution in [0.25, 0.3) is 0 Å². The van der Waals surface area contributed by atoms with Gasteiger partial charge in [-0.1, -0.05) is 6.07 Å². The van der Waals surface area contributed by atoms with Crippen molar-refractivity contribution in [2.24, 2.45) is 5.92 Å². The Morgan fingerprint density at radius 3 is 2.70 bits per heavy atom. The molecule has 4 rings (SSSR count). The lowest BCUT2D eigenvalue weighted by Gasteiger charge is -2.31. The van der Waals surface area contributed by atoms with Crippen LogP contribution in [0, 0.1) is 5.92 Å². The first-order valence-electron chi connectivity index (χ1n) is 10.2. The fraction of sp³-hybridized carbons (Fsp3) is 0.348. The van der Waals surface area contributed by atoms with Gasteiger partial charge in [0, 0.05) is 30.1 Å². The van der Waals surface area contributed by atoms with Crippen molar-refractivity contribution in [3.63, 3.8) is 0 Å². The fourth-order valence-corrected chi connectivity index (χ4v) is 3.89. The van der Waals surface area contributed by atoms with Gasteiger partial charge in [-0.3, -0.25) is 14.4 Å². The Morgan fingerprint density at radius 1 is 1.13 bits per heavy atom. The number of carbonyl (C=O) groups is 3. The van der Waals surface area contributed by atoms with Gasteiger partial charge in [-0.25, -0.2) is 0 Å². The van der Waals surface area contributed by atoms with Crippen LogP contribution in [-0.2, 0) is 4.79 Å². The van der Waals surface area contributed by atoms with Crippen molar-refractivity contribution in [1.29, 1.82) is 0 Å². The molecule has 0 radical (unpaired) electrons. The zero-order valence-electron chi connectivity index (χ0n) is 16.8. The average Bonchev–Trinajstić information content (AvgIpc) is 2.78. The van der Waals surface area contributed by atoms with Crippen LogP contribution in [0.5, 0.6) is 11.5 Å². The lowest BCUT2D eigenvalue weighted by atomic mass is 9.88. The summed E-state index contributed by atoms with van der Waals surface area (Å²) in [7, 11) is 0. The summed E-state index contributed by atoms with van der Waals surface area (Å²) in [5, 5.41) is 2.73. The number of nitrogens with one attached hydrogen (secondary N) is 1. The predicted octanol–water partition coefficient (Wildman–Crippen LogP) is 3.15.